The Balaban J connectivity index is 4.32. The van der Waals surface area contributed by atoms with Gasteiger partial charge in [0.2, 0.25) is 0 Å². The average Bonchev–Trinajstić information content (AvgIpc) is 2.21. The number of hydrogen-bond acceptors (Lipinski definition) is 6. The van der Waals surface area contributed by atoms with Gasteiger partial charge < -0.3 is 18.9 Å². The van der Waals surface area contributed by atoms with Crippen LogP contribution in [0.3, 0.4) is 0 Å². The molecule has 0 atom stereocenters. The van der Waals surface area contributed by atoms with Gasteiger partial charge in [0.15, 0.2) is 0 Å². The number of ether oxygens (including phenoxy) is 1. The number of aliphatic hydroxyl groups is 1. The lowest BCUT2D eigenvalue weighted by Crippen LogP contribution is -2.14. The second-order valence-electron chi connectivity index (χ2n) is 4.34. The quantitative estimate of drug-likeness (QED) is 0.514. The molecule has 0 aliphatic rings. The molecule has 1 N–H and O–H groups in total. The molecule has 0 bridgehead atoms. The summed E-state index contributed by atoms with van der Waals surface area (Å²) in [5.74, 6) is -0.524. The van der Waals surface area contributed by atoms with Gasteiger partial charge in [0, 0.05) is 0 Å². The first-order valence-corrected chi connectivity index (χ1v) is 7.74. The van der Waals surface area contributed by atoms with E-state index in [4.69, 9.17) is 14.2 Å². The second kappa shape index (κ2) is 8.64. The molecule has 0 aromatic heterocycles. The summed E-state index contributed by atoms with van der Waals surface area (Å²) in [6, 6.07) is 0. The fourth-order valence-electron chi connectivity index (χ4n) is 1.23. The molecule has 0 aliphatic carbocycles. The van der Waals surface area contributed by atoms with Crippen molar-refractivity contribution in [3.63, 3.8) is 0 Å². The van der Waals surface area contributed by atoms with Gasteiger partial charge in [-0.3, -0.25) is 9.36 Å². The predicted molar refractivity (Wildman–Crippen MR) is 67.6 cm³/mol. The third-order valence-electron chi connectivity index (χ3n) is 1.69. The van der Waals surface area contributed by atoms with Gasteiger partial charge in [0.25, 0.3) is 0 Å². The van der Waals surface area contributed by atoms with Gasteiger partial charge in [-0.25, -0.2) is 0 Å². The zero-order valence-electron chi connectivity index (χ0n) is 11.4. The SMILES string of the molecule is CC(C)OP(=O)(CCC(=O)OCCO)OC(C)C. The van der Waals surface area contributed by atoms with Crippen molar-refractivity contribution in [3.05, 3.63) is 0 Å². The molecule has 0 unspecified atom stereocenters. The van der Waals surface area contributed by atoms with Crippen LogP contribution in [-0.2, 0) is 23.1 Å². The van der Waals surface area contributed by atoms with Crippen LogP contribution in [0.2, 0.25) is 0 Å². The third kappa shape index (κ3) is 8.64. The van der Waals surface area contributed by atoms with Crippen LogP contribution in [0.1, 0.15) is 34.1 Å². The Morgan fingerprint density at radius 3 is 2.06 bits per heavy atom. The van der Waals surface area contributed by atoms with Gasteiger partial charge in [-0.15, -0.1) is 0 Å². The van der Waals surface area contributed by atoms with E-state index in [1.165, 1.54) is 0 Å². The fourth-order valence-corrected chi connectivity index (χ4v) is 3.23. The van der Waals surface area contributed by atoms with E-state index < -0.39 is 13.6 Å². The van der Waals surface area contributed by atoms with Crippen molar-refractivity contribution in [3.8, 4) is 0 Å². The highest BCUT2D eigenvalue weighted by Crippen LogP contribution is 2.50. The van der Waals surface area contributed by atoms with Crippen LogP contribution in [0.15, 0.2) is 0 Å². The molecule has 18 heavy (non-hydrogen) atoms. The Morgan fingerprint density at radius 2 is 1.67 bits per heavy atom. The van der Waals surface area contributed by atoms with Crippen molar-refractivity contribution in [2.75, 3.05) is 19.4 Å². The Morgan fingerprint density at radius 1 is 1.17 bits per heavy atom. The van der Waals surface area contributed by atoms with Crippen LogP contribution < -0.4 is 0 Å². The summed E-state index contributed by atoms with van der Waals surface area (Å²) < 4.78 is 27.5. The molecular formula is C11H23O6P. The van der Waals surface area contributed by atoms with Crippen LogP contribution >= 0.6 is 7.60 Å². The van der Waals surface area contributed by atoms with Crippen LogP contribution in [0.4, 0.5) is 0 Å². The molecule has 0 aromatic carbocycles. The molecule has 0 heterocycles. The molecule has 0 radical (unpaired) electrons. The summed E-state index contributed by atoms with van der Waals surface area (Å²) in [5.41, 5.74) is 0. The van der Waals surface area contributed by atoms with Gasteiger partial charge in [0.1, 0.15) is 6.61 Å². The summed E-state index contributed by atoms with van der Waals surface area (Å²) in [4.78, 5) is 11.3. The monoisotopic (exact) mass is 282 g/mol. The highest BCUT2D eigenvalue weighted by molar-refractivity contribution is 7.53. The molecule has 108 valence electrons. The van der Waals surface area contributed by atoms with E-state index in [-0.39, 0.29) is 38.0 Å². The van der Waals surface area contributed by atoms with Crippen molar-refractivity contribution < 1.29 is 28.3 Å². The topological polar surface area (TPSA) is 82.1 Å². The number of rotatable bonds is 9. The largest absolute Gasteiger partial charge is 0.463 e. The van der Waals surface area contributed by atoms with E-state index in [0.29, 0.717) is 0 Å². The number of esters is 1. The van der Waals surface area contributed by atoms with Gasteiger partial charge in [-0.05, 0) is 27.7 Å². The number of aliphatic hydroxyl groups excluding tert-OH is 1. The summed E-state index contributed by atoms with van der Waals surface area (Å²) in [7, 11) is -3.28. The van der Waals surface area contributed by atoms with E-state index in [9.17, 15) is 9.36 Å². The minimum Gasteiger partial charge on any atom is -0.463 e. The molecule has 7 heteroatoms. The number of carbonyl (C=O) groups excluding carboxylic acids is 1. The minimum atomic E-state index is -3.28. The number of hydrogen-bond donors (Lipinski definition) is 1. The smallest absolute Gasteiger partial charge is 0.331 e. The number of carbonyl (C=O) groups is 1. The molecule has 0 amide bonds. The van der Waals surface area contributed by atoms with E-state index in [1.807, 2.05) is 0 Å². The molecule has 0 aliphatic heterocycles. The van der Waals surface area contributed by atoms with Crippen molar-refractivity contribution in [1.29, 1.82) is 0 Å². The van der Waals surface area contributed by atoms with Crippen LogP contribution in [0.25, 0.3) is 0 Å². The first kappa shape index (κ1) is 17.6. The zero-order chi connectivity index (χ0) is 14.2. The maximum absolute atomic E-state index is 12.3. The Hall–Kier alpha value is -0.420. The first-order chi connectivity index (χ1) is 8.29. The van der Waals surface area contributed by atoms with Gasteiger partial charge >= 0.3 is 13.6 Å². The lowest BCUT2D eigenvalue weighted by atomic mass is 10.5. The Labute approximate surface area is 108 Å². The summed E-state index contributed by atoms with van der Waals surface area (Å²) in [6.07, 6.45) is -0.573. The molecule has 0 aromatic rings. The van der Waals surface area contributed by atoms with Crippen molar-refractivity contribution in [1.82, 2.24) is 0 Å². The van der Waals surface area contributed by atoms with E-state index >= 15 is 0 Å². The highest BCUT2D eigenvalue weighted by Gasteiger charge is 2.28. The normalized spacial score (nSPS) is 12.2. The zero-order valence-corrected chi connectivity index (χ0v) is 12.3. The van der Waals surface area contributed by atoms with E-state index in [1.54, 1.807) is 27.7 Å². The molecular weight excluding hydrogens is 259 g/mol. The van der Waals surface area contributed by atoms with Crippen molar-refractivity contribution in [2.45, 2.75) is 46.3 Å². The Kier molecular flexibility index (Phi) is 8.44. The average molecular weight is 282 g/mol. The van der Waals surface area contributed by atoms with Gasteiger partial charge in [0.05, 0.1) is 31.4 Å². The fraction of sp³-hybridized carbons (Fsp3) is 0.909. The molecule has 0 rings (SSSR count). The van der Waals surface area contributed by atoms with Crippen LogP contribution in [0.5, 0.6) is 0 Å². The lowest BCUT2D eigenvalue weighted by Gasteiger charge is -2.22. The molecule has 0 saturated carbocycles. The third-order valence-corrected chi connectivity index (χ3v) is 3.94. The first-order valence-electron chi connectivity index (χ1n) is 6.01. The molecule has 0 saturated heterocycles. The standard InChI is InChI=1S/C11H23O6P/c1-9(2)16-18(14,17-10(3)4)8-5-11(13)15-7-6-12/h9-10,12H,5-8H2,1-4H3. The summed E-state index contributed by atoms with van der Waals surface area (Å²) in [6.45, 7) is 6.72. The molecule has 6 nitrogen and oxygen atoms in total. The van der Waals surface area contributed by atoms with E-state index in [2.05, 4.69) is 4.74 Å². The van der Waals surface area contributed by atoms with Crippen molar-refractivity contribution >= 4 is 13.6 Å². The Bertz CT molecular complexity index is 275. The van der Waals surface area contributed by atoms with Gasteiger partial charge in [-0.2, -0.15) is 0 Å². The van der Waals surface area contributed by atoms with Crippen LogP contribution in [0, 0.1) is 0 Å². The maximum atomic E-state index is 12.3. The van der Waals surface area contributed by atoms with Crippen LogP contribution in [-0.4, -0.2) is 42.7 Å². The predicted octanol–water partition coefficient (Wildman–Crippen LogP) is 1.96. The second-order valence-corrected chi connectivity index (χ2v) is 6.43. The minimum absolute atomic E-state index is 0.0202. The summed E-state index contributed by atoms with van der Waals surface area (Å²) in [5, 5.41) is 8.50. The highest BCUT2D eigenvalue weighted by atomic mass is 31.2. The molecule has 0 spiro atoms. The maximum Gasteiger partial charge on any atom is 0.331 e. The van der Waals surface area contributed by atoms with Crippen molar-refractivity contribution in [2.24, 2.45) is 0 Å². The van der Waals surface area contributed by atoms with Gasteiger partial charge in [-0.1, -0.05) is 0 Å². The lowest BCUT2D eigenvalue weighted by molar-refractivity contribution is -0.144. The van der Waals surface area contributed by atoms with E-state index in [0.717, 1.165) is 0 Å². The summed E-state index contributed by atoms with van der Waals surface area (Å²) >= 11 is 0. The molecule has 0 fully saturated rings.